The maximum atomic E-state index is 14.7. The number of amides is 2. The molecule has 4 heterocycles. The Morgan fingerprint density at radius 3 is 2.33 bits per heavy atom. The Labute approximate surface area is 257 Å². The number of ketones is 1. The van der Waals surface area contributed by atoms with E-state index in [9.17, 15) is 14.4 Å². The molecular formula is C35H41N3O4S. The number of nitrogens with zero attached hydrogens (tertiary/aromatic N) is 2. The van der Waals surface area contributed by atoms with Gasteiger partial charge in [0.1, 0.15) is 11.8 Å². The molecule has 8 heteroatoms. The molecule has 1 N–H and O–H groups in total. The van der Waals surface area contributed by atoms with Crippen LogP contribution in [-0.4, -0.2) is 65.7 Å². The number of rotatable bonds is 7. The van der Waals surface area contributed by atoms with Gasteiger partial charge in [0.15, 0.2) is 5.76 Å². The maximum Gasteiger partial charge on any atom is 0.246 e. The molecule has 2 amide bonds. The summed E-state index contributed by atoms with van der Waals surface area (Å²) >= 11 is 1.57. The predicted octanol–water partition coefficient (Wildman–Crippen LogP) is 5.85. The topological polar surface area (TPSA) is 82.9 Å². The van der Waals surface area contributed by atoms with Gasteiger partial charge in [0.05, 0.1) is 12.0 Å². The number of benzene rings is 1. The SMILES string of the molecule is Cc1ccc(C(=O)C2C(c3sccc3C)C(C(=O)N3CCNCC3)N(C(=O)C3CCCCC3)C2C=Cc2ccccc2)o1. The van der Waals surface area contributed by atoms with Crippen LogP contribution in [0.4, 0.5) is 0 Å². The minimum absolute atomic E-state index is 0.000954. The first kappa shape index (κ1) is 29.6. The summed E-state index contributed by atoms with van der Waals surface area (Å²) in [6.45, 7) is 6.45. The van der Waals surface area contributed by atoms with Gasteiger partial charge in [-0.3, -0.25) is 14.4 Å². The van der Waals surface area contributed by atoms with Crippen molar-refractivity contribution in [3.8, 4) is 0 Å². The number of hydrogen-bond donors (Lipinski definition) is 1. The van der Waals surface area contributed by atoms with Gasteiger partial charge in [0, 0.05) is 42.9 Å². The van der Waals surface area contributed by atoms with Crippen molar-refractivity contribution < 1.29 is 18.8 Å². The number of hydrogen-bond acceptors (Lipinski definition) is 6. The molecule has 0 bridgehead atoms. The number of carbonyl (C=O) groups excluding carboxylic acids is 3. The number of furan rings is 1. The minimum Gasteiger partial charge on any atom is -0.458 e. The molecule has 226 valence electrons. The highest BCUT2D eigenvalue weighted by Gasteiger charge is 2.58. The van der Waals surface area contributed by atoms with Crippen LogP contribution in [0, 0.1) is 25.7 Å². The van der Waals surface area contributed by atoms with Gasteiger partial charge in [-0.05, 0) is 61.4 Å². The third-order valence-corrected chi connectivity index (χ3v) is 10.5. The molecule has 0 radical (unpaired) electrons. The van der Waals surface area contributed by atoms with Crippen LogP contribution in [0.3, 0.4) is 0 Å². The lowest BCUT2D eigenvalue weighted by atomic mass is 9.80. The van der Waals surface area contributed by atoms with E-state index in [-0.39, 0.29) is 29.3 Å². The van der Waals surface area contributed by atoms with Gasteiger partial charge in [-0.15, -0.1) is 11.3 Å². The molecule has 2 aliphatic heterocycles. The number of piperazine rings is 1. The van der Waals surface area contributed by atoms with Gasteiger partial charge in [0.2, 0.25) is 17.6 Å². The number of Topliss-reactive ketones (excluding diaryl/α,β-unsaturated/α-hetero) is 1. The van der Waals surface area contributed by atoms with Gasteiger partial charge in [0.25, 0.3) is 0 Å². The zero-order valence-electron chi connectivity index (χ0n) is 25.0. The number of likely N-dealkylation sites (tertiary alicyclic amines) is 1. The highest BCUT2D eigenvalue weighted by molar-refractivity contribution is 7.10. The van der Waals surface area contributed by atoms with Gasteiger partial charge < -0.3 is 19.5 Å². The van der Waals surface area contributed by atoms with Crippen LogP contribution >= 0.6 is 11.3 Å². The average molecular weight is 600 g/mol. The number of nitrogens with one attached hydrogen (secondary N) is 1. The Kier molecular flexibility index (Phi) is 8.96. The summed E-state index contributed by atoms with van der Waals surface area (Å²) in [5, 5.41) is 5.37. The second kappa shape index (κ2) is 13.0. The van der Waals surface area contributed by atoms with Crippen molar-refractivity contribution in [2.45, 2.75) is 64.0 Å². The van der Waals surface area contributed by atoms with E-state index in [2.05, 4.69) is 5.32 Å². The first-order valence-corrected chi connectivity index (χ1v) is 16.5. The van der Waals surface area contributed by atoms with E-state index in [0.29, 0.717) is 31.9 Å². The van der Waals surface area contributed by atoms with Crippen molar-refractivity contribution in [2.24, 2.45) is 11.8 Å². The summed E-state index contributed by atoms with van der Waals surface area (Å²) in [7, 11) is 0. The molecule has 1 aromatic carbocycles. The lowest BCUT2D eigenvalue weighted by Crippen LogP contribution is -2.56. The number of carbonyl (C=O) groups is 3. The zero-order valence-corrected chi connectivity index (χ0v) is 25.9. The van der Waals surface area contributed by atoms with Crippen molar-refractivity contribution in [2.75, 3.05) is 26.2 Å². The molecule has 4 unspecified atom stereocenters. The van der Waals surface area contributed by atoms with Gasteiger partial charge >= 0.3 is 0 Å². The van der Waals surface area contributed by atoms with Crippen LogP contribution in [-0.2, 0) is 9.59 Å². The quantitative estimate of drug-likeness (QED) is 0.345. The molecule has 0 spiro atoms. The monoisotopic (exact) mass is 599 g/mol. The lowest BCUT2D eigenvalue weighted by Gasteiger charge is -2.37. The summed E-state index contributed by atoms with van der Waals surface area (Å²) < 4.78 is 5.91. The van der Waals surface area contributed by atoms with E-state index in [1.165, 1.54) is 0 Å². The molecule has 6 rings (SSSR count). The minimum atomic E-state index is -0.777. The van der Waals surface area contributed by atoms with Crippen molar-refractivity contribution >= 4 is 35.0 Å². The number of thiophene rings is 1. The second-order valence-electron chi connectivity index (χ2n) is 12.2. The van der Waals surface area contributed by atoms with Crippen LogP contribution in [0.1, 0.15) is 70.3 Å². The molecule has 43 heavy (non-hydrogen) atoms. The Bertz CT molecular complexity index is 1460. The first-order chi connectivity index (χ1) is 20.9. The van der Waals surface area contributed by atoms with Crippen molar-refractivity contribution in [3.63, 3.8) is 0 Å². The molecule has 1 aliphatic carbocycles. The van der Waals surface area contributed by atoms with Crippen LogP contribution in [0.15, 0.2) is 64.4 Å². The maximum absolute atomic E-state index is 14.7. The van der Waals surface area contributed by atoms with Crippen LogP contribution < -0.4 is 5.32 Å². The van der Waals surface area contributed by atoms with E-state index in [0.717, 1.165) is 48.1 Å². The zero-order chi connectivity index (χ0) is 29.9. The summed E-state index contributed by atoms with van der Waals surface area (Å²) in [5.41, 5.74) is 2.02. The van der Waals surface area contributed by atoms with Gasteiger partial charge in [-0.1, -0.05) is 61.7 Å². The normalized spacial score (nSPS) is 25.0. The van der Waals surface area contributed by atoms with Crippen molar-refractivity contribution in [1.82, 2.24) is 15.1 Å². The molecule has 2 saturated heterocycles. The average Bonchev–Trinajstić information content (AvgIpc) is 3.76. The summed E-state index contributed by atoms with van der Waals surface area (Å²) in [4.78, 5) is 48.7. The largest absolute Gasteiger partial charge is 0.458 e. The van der Waals surface area contributed by atoms with E-state index < -0.39 is 23.9 Å². The van der Waals surface area contributed by atoms with E-state index >= 15 is 0 Å². The third kappa shape index (κ3) is 6.00. The number of aryl methyl sites for hydroxylation is 2. The second-order valence-corrected chi connectivity index (χ2v) is 13.1. The molecule has 2 aromatic heterocycles. The Morgan fingerprint density at radius 1 is 0.930 bits per heavy atom. The molecular weight excluding hydrogens is 558 g/mol. The summed E-state index contributed by atoms with van der Waals surface area (Å²) in [6, 6.07) is 14.1. The third-order valence-electron chi connectivity index (χ3n) is 9.38. The molecule has 3 fully saturated rings. The van der Waals surface area contributed by atoms with E-state index in [1.54, 1.807) is 23.5 Å². The smallest absolute Gasteiger partial charge is 0.246 e. The van der Waals surface area contributed by atoms with Crippen LogP contribution in [0.25, 0.3) is 6.08 Å². The standard InChI is InChI=1S/C35H41N3O4S/c1-23-17-22-43-33(23)30-29(32(39)28-16-13-24(2)42-28)27(15-14-25-9-5-3-6-10-25)38(34(40)26-11-7-4-8-12-26)31(30)35(41)37-20-18-36-19-21-37/h3,5-6,9-10,13-17,22,26-27,29-31,36H,4,7-8,11-12,18-21H2,1-2H3. The van der Waals surface area contributed by atoms with Crippen molar-refractivity contribution in [1.29, 1.82) is 0 Å². The Balaban J connectivity index is 1.53. The van der Waals surface area contributed by atoms with E-state index in [1.807, 2.05) is 77.6 Å². The van der Waals surface area contributed by atoms with Crippen molar-refractivity contribution in [3.05, 3.63) is 87.5 Å². The van der Waals surface area contributed by atoms with Crippen LogP contribution in [0.2, 0.25) is 0 Å². The molecule has 4 atom stereocenters. The highest BCUT2D eigenvalue weighted by atomic mass is 32.1. The summed E-state index contributed by atoms with van der Waals surface area (Å²) in [6.07, 6.45) is 8.76. The van der Waals surface area contributed by atoms with Gasteiger partial charge in [-0.25, -0.2) is 0 Å². The fourth-order valence-electron chi connectivity index (χ4n) is 7.20. The molecule has 3 aliphatic rings. The Morgan fingerprint density at radius 2 is 1.67 bits per heavy atom. The first-order valence-electron chi connectivity index (χ1n) is 15.6. The molecule has 3 aromatic rings. The fourth-order valence-corrected chi connectivity index (χ4v) is 8.30. The summed E-state index contributed by atoms with van der Waals surface area (Å²) in [5.74, 6) is -0.598. The molecule has 1 saturated carbocycles. The van der Waals surface area contributed by atoms with E-state index in [4.69, 9.17) is 4.42 Å². The highest BCUT2D eigenvalue weighted by Crippen LogP contribution is 2.49. The Hall–Kier alpha value is -3.49. The van der Waals surface area contributed by atoms with Crippen LogP contribution in [0.5, 0.6) is 0 Å². The lowest BCUT2D eigenvalue weighted by molar-refractivity contribution is -0.148. The fraction of sp³-hybridized carbons (Fsp3) is 0.457. The predicted molar refractivity (Wildman–Crippen MR) is 169 cm³/mol. The van der Waals surface area contributed by atoms with Gasteiger partial charge in [-0.2, -0.15) is 0 Å². The molecule has 7 nitrogen and oxygen atoms in total.